The summed E-state index contributed by atoms with van der Waals surface area (Å²) in [5.41, 5.74) is 0.428. The van der Waals surface area contributed by atoms with Crippen molar-refractivity contribution in [2.75, 3.05) is 4.72 Å². The number of nitrogens with one attached hydrogen (secondary N) is 1. The van der Waals surface area contributed by atoms with E-state index in [2.05, 4.69) is 15.0 Å². The highest BCUT2D eigenvalue weighted by Gasteiger charge is 2.22. The molecule has 2 N–H and O–H groups in total. The van der Waals surface area contributed by atoms with Crippen LogP contribution in [0.5, 0.6) is 5.88 Å². The lowest BCUT2D eigenvalue weighted by Crippen LogP contribution is -2.13. The molecule has 1 aromatic heterocycles. The standard InChI is InChI=1S/C22H18ClN5O5S/c1-2-27-19-6-4-3-5-17(19)21(22(27)29)25-24-18-12-11-16(13-20(18)28(30)31)34(32,33)26-15-9-7-14(23)8-10-15/h3-13,26,29H,2H2,1H3. The van der Waals surface area contributed by atoms with Crippen LogP contribution < -0.4 is 4.72 Å². The van der Waals surface area contributed by atoms with Crippen LogP contribution in [-0.4, -0.2) is 23.0 Å². The van der Waals surface area contributed by atoms with Gasteiger partial charge in [-0.1, -0.05) is 29.8 Å². The quantitative estimate of drug-likeness (QED) is 0.178. The third-order valence-corrected chi connectivity index (χ3v) is 6.67. The van der Waals surface area contributed by atoms with Crippen LogP contribution in [0, 0.1) is 10.1 Å². The summed E-state index contributed by atoms with van der Waals surface area (Å²) in [6, 6.07) is 16.4. The van der Waals surface area contributed by atoms with Crippen molar-refractivity contribution in [3.05, 3.63) is 81.9 Å². The molecule has 0 fully saturated rings. The molecule has 3 aromatic carbocycles. The molecule has 0 aliphatic rings. The molecule has 1 heterocycles. The van der Waals surface area contributed by atoms with Gasteiger partial charge in [-0.15, -0.1) is 10.2 Å². The van der Waals surface area contributed by atoms with E-state index in [4.69, 9.17) is 11.6 Å². The van der Waals surface area contributed by atoms with Crippen molar-refractivity contribution < 1.29 is 18.4 Å². The minimum Gasteiger partial charge on any atom is -0.493 e. The minimum absolute atomic E-state index is 0.124. The van der Waals surface area contributed by atoms with Crippen LogP contribution in [0.15, 0.2) is 81.9 Å². The van der Waals surface area contributed by atoms with Crippen molar-refractivity contribution in [3.63, 3.8) is 0 Å². The first-order chi connectivity index (χ1) is 16.2. The van der Waals surface area contributed by atoms with Gasteiger partial charge in [-0.2, -0.15) is 0 Å². The number of benzene rings is 3. The second kappa shape index (κ2) is 9.12. The molecule has 4 aromatic rings. The van der Waals surface area contributed by atoms with Crippen LogP contribution >= 0.6 is 11.6 Å². The lowest BCUT2D eigenvalue weighted by atomic mass is 10.2. The number of aromatic nitrogens is 1. The number of nitrogens with zero attached hydrogens (tertiary/aromatic N) is 4. The molecule has 0 radical (unpaired) electrons. The minimum atomic E-state index is -4.11. The molecule has 0 aliphatic carbocycles. The number of hydrogen-bond donors (Lipinski definition) is 2. The van der Waals surface area contributed by atoms with Gasteiger partial charge in [0.05, 0.1) is 15.3 Å². The van der Waals surface area contributed by atoms with Gasteiger partial charge in [-0.3, -0.25) is 14.8 Å². The molecule has 0 unspecified atom stereocenters. The molecule has 4 rings (SSSR count). The molecule has 0 saturated carbocycles. The summed E-state index contributed by atoms with van der Waals surface area (Å²) < 4.78 is 29.4. The Morgan fingerprint density at radius 2 is 1.79 bits per heavy atom. The van der Waals surface area contributed by atoms with Gasteiger partial charge in [0.25, 0.3) is 15.7 Å². The predicted molar refractivity (Wildman–Crippen MR) is 129 cm³/mol. The Balaban J connectivity index is 1.71. The maximum absolute atomic E-state index is 12.7. The molecular formula is C22H18ClN5O5S. The van der Waals surface area contributed by atoms with Crippen LogP contribution in [0.25, 0.3) is 10.9 Å². The third-order valence-electron chi connectivity index (χ3n) is 5.04. The molecule has 0 atom stereocenters. The van der Waals surface area contributed by atoms with E-state index in [1.807, 2.05) is 19.1 Å². The van der Waals surface area contributed by atoms with Crippen LogP contribution in [0.3, 0.4) is 0 Å². The average molecular weight is 500 g/mol. The van der Waals surface area contributed by atoms with Crippen LogP contribution in [0.2, 0.25) is 5.02 Å². The number of para-hydroxylation sites is 1. The molecule has 174 valence electrons. The van der Waals surface area contributed by atoms with Crippen molar-refractivity contribution >= 4 is 55.3 Å². The Bertz CT molecular complexity index is 1530. The summed E-state index contributed by atoms with van der Waals surface area (Å²) in [5.74, 6) is -0.124. The number of hydrogen-bond acceptors (Lipinski definition) is 7. The lowest BCUT2D eigenvalue weighted by Gasteiger charge is -2.08. The summed E-state index contributed by atoms with van der Waals surface area (Å²) in [4.78, 5) is 10.6. The Morgan fingerprint density at radius 3 is 2.47 bits per heavy atom. The molecule has 0 bridgehead atoms. The monoisotopic (exact) mass is 499 g/mol. The zero-order valence-electron chi connectivity index (χ0n) is 17.7. The second-order valence-electron chi connectivity index (χ2n) is 7.15. The summed E-state index contributed by atoms with van der Waals surface area (Å²) >= 11 is 5.81. The smallest absolute Gasteiger partial charge is 0.298 e. The largest absolute Gasteiger partial charge is 0.493 e. The molecule has 0 spiro atoms. The number of rotatable bonds is 7. The van der Waals surface area contributed by atoms with Gasteiger partial charge in [0.2, 0.25) is 5.88 Å². The number of aromatic hydroxyl groups is 1. The van der Waals surface area contributed by atoms with Crippen molar-refractivity contribution in [1.29, 1.82) is 0 Å². The average Bonchev–Trinajstić information content (AvgIpc) is 3.09. The number of aryl methyl sites for hydroxylation is 1. The highest BCUT2D eigenvalue weighted by Crippen LogP contribution is 2.40. The molecule has 10 nitrogen and oxygen atoms in total. The first-order valence-corrected chi connectivity index (χ1v) is 11.9. The number of azo groups is 1. The van der Waals surface area contributed by atoms with Crippen LogP contribution in [-0.2, 0) is 16.6 Å². The van der Waals surface area contributed by atoms with Gasteiger partial charge >= 0.3 is 0 Å². The summed E-state index contributed by atoms with van der Waals surface area (Å²) in [6.45, 7) is 2.34. The zero-order valence-corrected chi connectivity index (χ0v) is 19.3. The predicted octanol–water partition coefficient (Wildman–Crippen LogP) is 6.14. The normalized spacial score (nSPS) is 11.8. The van der Waals surface area contributed by atoms with Crippen molar-refractivity contribution in [2.24, 2.45) is 10.2 Å². The lowest BCUT2D eigenvalue weighted by molar-refractivity contribution is -0.384. The fourth-order valence-electron chi connectivity index (χ4n) is 3.43. The fourth-order valence-corrected chi connectivity index (χ4v) is 4.63. The summed E-state index contributed by atoms with van der Waals surface area (Å²) in [6.07, 6.45) is 0. The number of sulfonamides is 1. The van der Waals surface area contributed by atoms with Crippen molar-refractivity contribution in [1.82, 2.24) is 4.57 Å². The fraction of sp³-hybridized carbons (Fsp3) is 0.0909. The Labute approximate surface area is 199 Å². The van der Waals surface area contributed by atoms with E-state index < -0.39 is 20.6 Å². The van der Waals surface area contributed by atoms with E-state index in [0.717, 1.165) is 11.6 Å². The Morgan fingerprint density at radius 1 is 1.09 bits per heavy atom. The maximum Gasteiger partial charge on any atom is 0.298 e. The van der Waals surface area contributed by atoms with Gasteiger partial charge in [0.15, 0.2) is 11.4 Å². The topological polar surface area (TPSA) is 139 Å². The van der Waals surface area contributed by atoms with E-state index in [0.29, 0.717) is 17.0 Å². The highest BCUT2D eigenvalue weighted by molar-refractivity contribution is 7.92. The van der Waals surface area contributed by atoms with Crippen LogP contribution in [0.1, 0.15) is 6.92 Å². The number of halogens is 1. The van der Waals surface area contributed by atoms with Crippen LogP contribution in [0.4, 0.5) is 22.7 Å². The number of nitro benzene ring substituents is 1. The van der Waals surface area contributed by atoms with Crippen molar-refractivity contribution in [2.45, 2.75) is 18.4 Å². The number of nitro groups is 1. The molecule has 12 heteroatoms. The molecule has 0 saturated heterocycles. The third kappa shape index (κ3) is 4.43. The van der Waals surface area contributed by atoms with Crippen molar-refractivity contribution in [3.8, 4) is 5.88 Å². The first kappa shape index (κ1) is 23.2. The Hall–Kier alpha value is -3.96. The SMILES string of the molecule is CCn1c(O)c(N=Nc2ccc(S(=O)(=O)Nc3ccc(Cl)cc3)cc2[N+](=O)[O-])c2ccccc21. The summed E-state index contributed by atoms with van der Waals surface area (Å²) in [5, 5.41) is 31.3. The maximum atomic E-state index is 12.7. The molecule has 0 aliphatic heterocycles. The zero-order chi connectivity index (χ0) is 24.5. The Kier molecular flexibility index (Phi) is 6.22. The molecule has 34 heavy (non-hydrogen) atoms. The molecular weight excluding hydrogens is 482 g/mol. The van der Waals surface area contributed by atoms with Gasteiger partial charge < -0.3 is 9.67 Å². The first-order valence-electron chi connectivity index (χ1n) is 10.00. The second-order valence-corrected chi connectivity index (χ2v) is 9.27. The van der Waals surface area contributed by atoms with Gasteiger partial charge in [0.1, 0.15) is 0 Å². The van der Waals surface area contributed by atoms with E-state index in [1.165, 1.54) is 36.4 Å². The number of fused-ring (bicyclic) bond motifs is 1. The summed E-state index contributed by atoms with van der Waals surface area (Å²) in [7, 11) is -4.11. The number of anilines is 1. The van der Waals surface area contributed by atoms with Gasteiger partial charge in [0, 0.05) is 28.7 Å². The van der Waals surface area contributed by atoms with E-state index in [9.17, 15) is 23.6 Å². The van der Waals surface area contributed by atoms with Gasteiger partial charge in [-0.25, -0.2) is 8.42 Å². The van der Waals surface area contributed by atoms with E-state index in [1.54, 1.807) is 16.7 Å². The van der Waals surface area contributed by atoms with Gasteiger partial charge in [-0.05, 0) is 49.4 Å². The van der Waals surface area contributed by atoms with E-state index >= 15 is 0 Å². The van der Waals surface area contributed by atoms with E-state index in [-0.39, 0.29) is 27.8 Å². The highest BCUT2D eigenvalue weighted by atomic mass is 35.5. The molecule has 0 amide bonds.